The molecule has 0 saturated carbocycles. The Labute approximate surface area is 458 Å². The number of phosphoric acid groups is 1. The maximum absolute atomic E-state index is 12.7. The molecule has 2 atom stereocenters. The van der Waals surface area contributed by atoms with Crippen molar-refractivity contribution < 1.29 is 37.6 Å². The molecule has 2 unspecified atom stereocenters. The fraction of sp³-hybridized carbons (Fsp3) is 0.569. The highest BCUT2D eigenvalue weighted by Crippen LogP contribution is 2.43. The first-order valence-corrected chi connectivity index (χ1v) is 30.5. The van der Waals surface area contributed by atoms with E-state index in [9.17, 15) is 19.0 Å². The zero-order valence-corrected chi connectivity index (χ0v) is 47.9. The number of esters is 2. The Hall–Kier alpha value is -4.37. The van der Waals surface area contributed by atoms with Gasteiger partial charge in [0.15, 0.2) is 6.10 Å². The van der Waals surface area contributed by atoms with Crippen LogP contribution in [-0.4, -0.2) is 49.3 Å². The molecule has 0 rings (SSSR count). The highest BCUT2D eigenvalue weighted by molar-refractivity contribution is 7.47. The van der Waals surface area contributed by atoms with Crippen LogP contribution in [0.15, 0.2) is 158 Å². The molecule has 0 saturated heterocycles. The van der Waals surface area contributed by atoms with Crippen molar-refractivity contribution in [2.45, 2.75) is 213 Å². The van der Waals surface area contributed by atoms with Gasteiger partial charge in [-0.05, 0) is 122 Å². The van der Waals surface area contributed by atoms with Crippen LogP contribution in [0, 0.1) is 0 Å². The molecule has 9 nitrogen and oxygen atoms in total. The number of phosphoric ester groups is 1. The number of rotatable bonds is 52. The van der Waals surface area contributed by atoms with Crippen molar-refractivity contribution in [3.63, 3.8) is 0 Å². The highest BCUT2D eigenvalue weighted by Gasteiger charge is 2.26. The summed E-state index contributed by atoms with van der Waals surface area (Å²) in [5.41, 5.74) is 5.37. The summed E-state index contributed by atoms with van der Waals surface area (Å²) in [6.45, 7) is 3.44. The van der Waals surface area contributed by atoms with Gasteiger partial charge in [-0.2, -0.15) is 0 Å². The minimum Gasteiger partial charge on any atom is -0.462 e. The topological polar surface area (TPSA) is 134 Å². The molecule has 3 N–H and O–H groups in total. The summed E-state index contributed by atoms with van der Waals surface area (Å²) in [7, 11) is -4.40. The predicted molar refractivity (Wildman–Crippen MR) is 320 cm³/mol. The number of carbonyl (C=O) groups excluding carboxylic acids is 2. The largest absolute Gasteiger partial charge is 0.472 e. The van der Waals surface area contributed by atoms with Gasteiger partial charge in [-0.15, -0.1) is 0 Å². The van der Waals surface area contributed by atoms with Gasteiger partial charge in [0.05, 0.1) is 13.2 Å². The minimum absolute atomic E-state index is 0.0409. The third-order valence-electron chi connectivity index (χ3n) is 11.4. The molecule has 75 heavy (non-hydrogen) atoms. The first-order valence-electron chi connectivity index (χ1n) is 29.0. The van der Waals surface area contributed by atoms with Crippen molar-refractivity contribution in [3.05, 3.63) is 158 Å². The van der Waals surface area contributed by atoms with Gasteiger partial charge in [0.2, 0.25) is 0 Å². The molecular weight excluding hydrogens is 954 g/mol. The molecule has 0 aromatic rings. The third-order valence-corrected chi connectivity index (χ3v) is 12.4. The summed E-state index contributed by atoms with van der Waals surface area (Å²) < 4.78 is 32.9. The summed E-state index contributed by atoms with van der Waals surface area (Å²) in [4.78, 5) is 35.0. The molecule has 0 amide bonds. The van der Waals surface area contributed by atoms with Crippen molar-refractivity contribution in [2.24, 2.45) is 5.73 Å². The second kappa shape index (κ2) is 58.9. The zero-order chi connectivity index (χ0) is 54.5. The van der Waals surface area contributed by atoms with E-state index in [-0.39, 0.29) is 32.6 Å². The van der Waals surface area contributed by atoms with Crippen LogP contribution in [0.3, 0.4) is 0 Å². The van der Waals surface area contributed by atoms with E-state index < -0.39 is 32.5 Å². The number of unbranched alkanes of at least 4 members (excludes halogenated alkanes) is 13. The standard InChI is InChI=1S/C65H104NO8P/c1-3-5-7-9-11-13-15-17-18-19-20-21-22-23-24-25-26-27-28-29-30-31-32-33-34-35-36-37-38-39-40-41-42-43-44-46-48-50-52-54-56-58-65(68)74-63(62-73-75(69,70)72-60-59-66)61-71-64(67)57-55-53-51-49-47-45-16-14-12-10-8-6-4-2/h5-8,11-14,17-18,20-21,23-24,26-27,29-30,32-33,35-36,38-39,45,47,63H,3-4,9-10,15-16,19,22,25,28,31,34,37,40-44,46,48-62,66H2,1-2H3,(H,69,70)/b7-5-,8-6-,13-11-,14-12-,18-17-,21-20-,24-23-,27-26-,30-29-,33-32-,36-35-,39-38-,47-45-. The van der Waals surface area contributed by atoms with E-state index in [4.69, 9.17) is 24.3 Å². The Morgan fingerprint density at radius 1 is 0.400 bits per heavy atom. The van der Waals surface area contributed by atoms with Crippen LogP contribution in [0.4, 0.5) is 0 Å². The van der Waals surface area contributed by atoms with Crippen LogP contribution in [0.5, 0.6) is 0 Å². The number of hydrogen-bond acceptors (Lipinski definition) is 8. The summed E-state index contributed by atoms with van der Waals surface area (Å²) in [6.07, 6.45) is 86.0. The zero-order valence-electron chi connectivity index (χ0n) is 47.0. The number of allylic oxidation sites excluding steroid dienone is 26. The average Bonchev–Trinajstić information content (AvgIpc) is 3.40. The van der Waals surface area contributed by atoms with Gasteiger partial charge >= 0.3 is 19.8 Å². The van der Waals surface area contributed by atoms with E-state index >= 15 is 0 Å². The molecule has 0 spiro atoms. The van der Waals surface area contributed by atoms with Crippen molar-refractivity contribution in [3.8, 4) is 0 Å². The van der Waals surface area contributed by atoms with Gasteiger partial charge in [-0.25, -0.2) is 4.57 Å². The van der Waals surface area contributed by atoms with Crippen LogP contribution in [0.1, 0.15) is 206 Å². The van der Waals surface area contributed by atoms with Crippen molar-refractivity contribution >= 4 is 19.8 Å². The Kier molecular flexibility index (Phi) is 55.5. The van der Waals surface area contributed by atoms with Crippen LogP contribution in [0.2, 0.25) is 0 Å². The fourth-order valence-electron chi connectivity index (χ4n) is 7.21. The molecule has 0 aliphatic heterocycles. The van der Waals surface area contributed by atoms with E-state index in [1.807, 2.05) is 0 Å². The molecule has 0 heterocycles. The lowest BCUT2D eigenvalue weighted by molar-refractivity contribution is -0.161. The molecule has 0 bridgehead atoms. The summed E-state index contributed by atoms with van der Waals surface area (Å²) >= 11 is 0. The van der Waals surface area contributed by atoms with E-state index in [0.717, 1.165) is 128 Å². The molecule has 0 radical (unpaired) electrons. The molecule has 0 aromatic heterocycles. The van der Waals surface area contributed by atoms with E-state index in [0.29, 0.717) is 12.8 Å². The lowest BCUT2D eigenvalue weighted by Crippen LogP contribution is -2.29. The van der Waals surface area contributed by atoms with Gasteiger partial charge in [0.25, 0.3) is 0 Å². The molecule has 0 fully saturated rings. The third kappa shape index (κ3) is 58.7. The molecule has 0 aliphatic carbocycles. The monoisotopic (exact) mass is 1060 g/mol. The lowest BCUT2D eigenvalue weighted by Gasteiger charge is -2.19. The van der Waals surface area contributed by atoms with Gasteiger partial charge < -0.3 is 20.1 Å². The smallest absolute Gasteiger partial charge is 0.462 e. The van der Waals surface area contributed by atoms with Gasteiger partial charge in [-0.3, -0.25) is 18.6 Å². The highest BCUT2D eigenvalue weighted by atomic mass is 31.2. The second-order valence-corrected chi connectivity index (χ2v) is 19.8. The maximum Gasteiger partial charge on any atom is 0.472 e. The summed E-state index contributed by atoms with van der Waals surface area (Å²) in [5.74, 6) is -0.880. The SMILES string of the molecule is CC/C=C\C/C=C\C/C=C\C/C=C\C/C=C\C/C=C\C/C=C\C/C=C\C/C=C\C/C=C\CCCCCCCCCCCCC(=O)OC(COC(=O)CCCCC/C=C\C/C=C\C/C=C\CC)COP(=O)(O)OCCN. The van der Waals surface area contributed by atoms with Crippen LogP contribution < -0.4 is 5.73 Å². The number of ether oxygens (including phenoxy) is 2. The van der Waals surface area contributed by atoms with Crippen LogP contribution in [-0.2, 0) is 32.7 Å². The molecular formula is C65H104NO8P. The minimum atomic E-state index is -4.40. The van der Waals surface area contributed by atoms with Crippen LogP contribution >= 0.6 is 7.82 Å². The molecule has 0 aliphatic rings. The number of hydrogen-bond donors (Lipinski definition) is 2. The van der Waals surface area contributed by atoms with E-state index in [1.54, 1.807) is 0 Å². The van der Waals surface area contributed by atoms with E-state index in [1.165, 1.54) is 38.5 Å². The second-order valence-electron chi connectivity index (χ2n) is 18.4. The van der Waals surface area contributed by atoms with Crippen molar-refractivity contribution in [2.75, 3.05) is 26.4 Å². The Balaban J connectivity index is 3.97. The summed E-state index contributed by atoms with van der Waals surface area (Å²) in [6, 6.07) is 0. The Morgan fingerprint density at radius 3 is 1.04 bits per heavy atom. The Morgan fingerprint density at radius 2 is 0.693 bits per heavy atom. The quantitative estimate of drug-likeness (QED) is 0.0264. The first kappa shape index (κ1) is 70.6. The molecule has 0 aromatic carbocycles. The molecule has 10 heteroatoms. The lowest BCUT2D eigenvalue weighted by atomic mass is 10.0. The van der Waals surface area contributed by atoms with E-state index in [2.05, 4.69) is 172 Å². The number of nitrogens with two attached hydrogens (primary N) is 1. The van der Waals surface area contributed by atoms with Gasteiger partial charge in [0.1, 0.15) is 6.61 Å². The predicted octanol–water partition coefficient (Wildman–Crippen LogP) is 18.5. The molecule has 422 valence electrons. The summed E-state index contributed by atoms with van der Waals surface area (Å²) in [5, 5.41) is 0. The van der Waals surface area contributed by atoms with Crippen LogP contribution in [0.25, 0.3) is 0 Å². The first-order chi connectivity index (χ1) is 36.8. The average molecular weight is 1060 g/mol. The van der Waals surface area contributed by atoms with Gasteiger partial charge in [-0.1, -0.05) is 230 Å². The maximum atomic E-state index is 12.7. The van der Waals surface area contributed by atoms with Crippen molar-refractivity contribution in [1.82, 2.24) is 0 Å². The van der Waals surface area contributed by atoms with Crippen molar-refractivity contribution in [1.29, 1.82) is 0 Å². The fourth-order valence-corrected chi connectivity index (χ4v) is 7.97. The van der Waals surface area contributed by atoms with Gasteiger partial charge in [0, 0.05) is 19.4 Å². The number of carbonyl (C=O) groups is 2. The Bertz CT molecular complexity index is 1780. The normalized spacial score (nSPS) is 14.2.